The molecule has 3 aliphatic heterocycles. The van der Waals surface area contributed by atoms with E-state index in [9.17, 15) is 18.0 Å². The Morgan fingerprint density at radius 2 is 2.16 bits per heavy atom. The Balaban J connectivity index is 1.85. The van der Waals surface area contributed by atoms with Crippen LogP contribution in [0.25, 0.3) is 0 Å². The zero-order valence-electron chi connectivity index (χ0n) is 9.63. The second kappa shape index (κ2) is 3.77. The number of sulfonamides is 1. The highest BCUT2D eigenvalue weighted by molar-refractivity contribution is 7.93. The molecule has 2 bridgehead atoms. The number of nitrogens with zero attached hydrogens (tertiary/aromatic N) is 1. The van der Waals surface area contributed by atoms with Crippen molar-refractivity contribution in [1.29, 1.82) is 0 Å². The molecule has 2 saturated heterocycles. The van der Waals surface area contributed by atoms with Crippen LogP contribution in [-0.4, -0.2) is 31.6 Å². The molecule has 19 heavy (non-hydrogen) atoms. The first-order chi connectivity index (χ1) is 8.93. The maximum absolute atomic E-state index is 12.1. The van der Waals surface area contributed by atoms with E-state index in [-0.39, 0.29) is 29.7 Å². The van der Waals surface area contributed by atoms with Crippen LogP contribution in [-0.2, 0) is 19.6 Å². The zero-order chi connectivity index (χ0) is 13.7. The van der Waals surface area contributed by atoms with Crippen LogP contribution < -0.4 is 15.4 Å². The van der Waals surface area contributed by atoms with Gasteiger partial charge in [-0.05, 0) is 12.8 Å². The first kappa shape index (κ1) is 12.1. The highest BCUT2D eigenvalue weighted by Crippen LogP contribution is 2.42. The van der Waals surface area contributed by atoms with Crippen LogP contribution in [0.4, 0.5) is 0 Å². The van der Waals surface area contributed by atoms with Gasteiger partial charge in [-0.1, -0.05) is 0 Å². The number of carbonyl (C=O) groups is 2. The van der Waals surface area contributed by atoms with Crippen LogP contribution in [0.3, 0.4) is 0 Å². The van der Waals surface area contributed by atoms with Crippen molar-refractivity contribution in [3.8, 4) is 0 Å². The maximum atomic E-state index is 12.1. The Labute approximate surface area is 108 Å². The van der Waals surface area contributed by atoms with Gasteiger partial charge in [-0.2, -0.15) is 9.71 Å². The van der Waals surface area contributed by atoms with Gasteiger partial charge in [0.1, 0.15) is 5.54 Å². The maximum Gasteiger partial charge on any atom is 0.261 e. The minimum Gasteiger partial charge on any atom is -0.357 e. The van der Waals surface area contributed by atoms with Gasteiger partial charge in [-0.3, -0.25) is 14.9 Å². The van der Waals surface area contributed by atoms with E-state index in [2.05, 4.69) is 26.2 Å². The lowest BCUT2D eigenvalue weighted by atomic mass is 9.65. The molecular weight excluding hydrogens is 272 g/mol. The van der Waals surface area contributed by atoms with E-state index < -0.39 is 21.5 Å². The molecule has 0 aromatic rings. The van der Waals surface area contributed by atoms with Gasteiger partial charge in [0.25, 0.3) is 10.0 Å². The topological polar surface area (TPSA) is 117 Å². The molecule has 1 saturated carbocycles. The number of nitrogens with one attached hydrogen (secondary N) is 3. The predicted octanol–water partition coefficient (Wildman–Crippen LogP) is -1.70. The monoisotopic (exact) mass is 282 g/mol. The van der Waals surface area contributed by atoms with Crippen molar-refractivity contribution in [1.82, 2.24) is 15.4 Å². The van der Waals surface area contributed by atoms with Crippen LogP contribution in [0, 0.1) is 5.92 Å². The Bertz CT molecular complexity index is 666. The summed E-state index contributed by atoms with van der Waals surface area (Å²) in [5, 5.41) is 4.46. The van der Waals surface area contributed by atoms with E-state index >= 15 is 0 Å². The molecule has 0 unspecified atom stereocenters. The number of hydrogen-bond acceptors (Lipinski definition) is 6. The fourth-order valence-electron chi connectivity index (χ4n) is 2.34. The minimum absolute atomic E-state index is 0.192. The fourth-order valence-corrected chi connectivity index (χ4v) is 3.62. The third-order valence-electron chi connectivity index (χ3n) is 3.37. The summed E-state index contributed by atoms with van der Waals surface area (Å²) in [6.07, 6.45) is 2.93. The van der Waals surface area contributed by atoms with E-state index in [1.807, 2.05) is 0 Å². The first-order valence-electron chi connectivity index (χ1n) is 5.56. The molecule has 3 heterocycles. The molecule has 0 aromatic heterocycles. The van der Waals surface area contributed by atoms with E-state index in [1.54, 1.807) is 0 Å². The number of piperidine rings is 2. The second-order valence-electron chi connectivity index (χ2n) is 4.65. The Hall–Kier alpha value is -1.96. The number of hydrogen-bond donors (Lipinski definition) is 3. The summed E-state index contributed by atoms with van der Waals surface area (Å²) in [6.45, 7) is 0. The number of rotatable bonds is 3. The summed E-state index contributed by atoms with van der Waals surface area (Å²) < 4.78 is 26.5. The van der Waals surface area contributed by atoms with Crippen LogP contribution >= 0.6 is 0 Å². The molecule has 2 amide bonds. The molecule has 1 aliphatic carbocycles. The number of imide groups is 1. The third kappa shape index (κ3) is 1.79. The quantitative estimate of drug-likeness (QED) is 0.533. The van der Waals surface area contributed by atoms with Crippen LogP contribution in [0.15, 0.2) is 22.4 Å². The number of fused-ring (bicyclic) bond motifs is 2. The van der Waals surface area contributed by atoms with E-state index in [1.165, 1.54) is 12.4 Å². The van der Waals surface area contributed by atoms with E-state index in [0.717, 1.165) is 0 Å². The van der Waals surface area contributed by atoms with Crippen LogP contribution in [0.1, 0.15) is 12.8 Å². The Kier molecular flexibility index (Phi) is 2.40. The molecule has 0 spiro atoms. The lowest BCUT2D eigenvalue weighted by molar-refractivity contribution is -0.151. The highest BCUT2D eigenvalue weighted by atomic mass is 32.2. The lowest BCUT2D eigenvalue weighted by Crippen LogP contribution is -2.73. The van der Waals surface area contributed by atoms with Gasteiger partial charge in [-0.25, -0.2) is 8.42 Å². The summed E-state index contributed by atoms with van der Waals surface area (Å²) in [5.74, 6) is 1.12. The normalized spacial score (nSPS) is 32.2. The summed E-state index contributed by atoms with van der Waals surface area (Å²) in [6, 6.07) is 0. The van der Waals surface area contributed by atoms with Gasteiger partial charge >= 0.3 is 0 Å². The van der Waals surface area contributed by atoms with Crippen molar-refractivity contribution >= 4 is 27.7 Å². The highest BCUT2D eigenvalue weighted by Gasteiger charge is 2.59. The number of amides is 2. The average molecular weight is 282 g/mol. The van der Waals surface area contributed by atoms with Gasteiger partial charge in [-0.15, -0.1) is 0 Å². The molecule has 0 aromatic carbocycles. The molecule has 0 radical (unpaired) electrons. The van der Waals surface area contributed by atoms with Gasteiger partial charge in [0, 0.05) is 18.0 Å². The van der Waals surface area contributed by atoms with Crippen molar-refractivity contribution in [3.63, 3.8) is 0 Å². The van der Waals surface area contributed by atoms with Crippen molar-refractivity contribution in [2.45, 2.75) is 18.4 Å². The summed E-state index contributed by atoms with van der Waals surface area (Å²) in [5.41, 5.74) is -1.23. The molecule has 3 N–H and O–H groups in total. The number of aliphatic imine (C=N–C) groups is 1. The van der Waals surface area contributed by atoms with Crippen molar-refractivity contribution in [2.75, 3.05) is 0 Å². The minimum atomic E-state index is -3.93. The van der Waals surface area contributed by atoms with E-state index in [4.69, 9.17) is 0 Å². The van der Waals surface area contributed by atoms with Gasteiger partial charge < -0.3 is 5.32 Å². The Morgan fingerprint density at radius 1 is 1.42 bits per heavy atom. The molecule has 8 nitrogen and oxygen atoms in total. The predicted molar refractivity (Wildman–Crippen MR) is 63.9 cm³/mol. The van der Waals surface area contributed by atoms with Crippen LogP contribution in [0.2, 0.25) is 0 Å². The summed E-state index contributed by atoms with van der Waals surface area (Å²) in [7, 11) is -3.93. The average Bonchev–Trinajstić information content (AvgIpc) is 2.32. The Morgan fingerprint density at radius 3 is 2.74 bits per heavy atom. The molecule has 0 atom stereocenters. The van der Waals surface area contributed by atoms with Crippen molar-refractivity contribution < 1.29 is 18.0 Å². The molecule has 9 heteroatoms. The third-order valence-corrected chi connectivity index (χ3v) is 4.79. The zero-order valence-corrected chi connectivity index (χ0v) is 10.5. The summed E-state index contributed by atoms with van der Waals surface area (Å²) in [4.78, 5) is 26.7. The number of carbonyl (C=O) groups excluding carboxylic acids is 2. The van der Waals surface area contributed by atoms with Crippen molar-refractivity contribution in [3.05, 3.63) is 17.4 Å². The fraction of sp³-hybridized carbons (Fsp3) is 0.400. The lowest BCUT2D eigenvalue weighted by Gasteiger charge is -2.49. The molecule has 4 aliphatic rings. The molecule has 100 valence electrons. The molecular formula is C10H10N4O4S. The van der Waals surface area contributed by atoms with Gasteiger partial charge in [0.15, 0.2) is 5.03 Å². The smallest absolute Gasteiger partial charge is 0.261 e. The van der Waals surface area contributed by atoms with Gasteiger partial charge in [0.2, 0.25) is 11.8 Å². The molecule has 3 fully saturated rings. The molecule has 4 rings (SSSR count). The van der Waals surface area contributed by atoms with Gasteiger partial charge in [0.05, 0.1) is 6.20 Å². The second-order valence-corrected chi connectivity index (χ2v) is 6.27. The van der Waals surface area contributed by atoms with Crippen molar-refractivity contribution in [2.24, 2.45) is 10.9 Å². The van der Waals surface area contributed by atoms with Crippen LogP contribution in [0.5, 0.6) is 0 Å². The SMILES string of the molecule is O=C1NC(=O)C2(NS(=O)(=O)C3=CNC=C=N3)CC1C2. The standard InChI is InChI=1S/C10H10N4O4S/c15-8-6-3-10(4-6,9(16)13-8)14-19(17,18)7-5-11-1-2-12-7/h1,5-6,11,14H,3-4H2,(H,13,15,16). The largest absolute Gasteiger partial charge is 0.357 e. The van der Waals surface area contributed by atoms with E-state index in [0.29, 0.717) is 0 Å². The first-order valence-corrected chi connectivity index (χ1v) is 7.05. The summed E-state index contributed by atoms with van der Waals surface area (Å²) >= 11 is 0.